The van der Waals surface area contributed by atoms with E-state index in [4.69, 9.17) is 0 Å². The number of phenols is 1. The summed E-state index contributed by atoms with van der Waals surface area (Å²) < 4.78 is 0. The molecule has 0 aliphatic carbocycles. The predicted molar refractivity (Wildman–Crippen MR) is 101 cm³/mol. The van der Waals surface area contributed by atoms with Crippen LogP contribution in [0.1, 0.15) is 64.4 Å². The lowest BCUT2D eigenvalue weighted by molar-refractivity contribution is 0.261. The number of hydrazone groups is 1. The molecular formula is C18H26N4OS. The van der Waals surface area contributed by atoms with Crippen molar-refractivity contribution in [3.63, 3.8) is 0 Å². The fourth-order valence-electron chi connectivity index (χ4n) is 2.94. The molecule has 5 nitrogen and oxygen atoms in total. The van der Waals surface area contributed by atoms with Crippen LogP contribution in [0, 0.1) is 0 Å². The number of nitrogens with zero attached hydrogens (tertiary/aromatic N) is 2. The molecule has 3 N–H and O–H groups in total. The van der Waals surface area contributed by atoms with Crippen LogP contribution in [0.2, 0.25) is 0 Å². The molecule has 130 valence electrons. The normalized spacial score (nSPS) is 20.3. The molecule has 0 bridgehead atoms. The molecule has 1 aromatic carbocycles. The van der Waals surface area contributed by atoms with E-state index in [2.05, 4.69) is 69.6 Å². The zero-order valence-electron chi connectivity index (χ0n) is 15.1. The Hall–Kier alpha value is -1.82. The molecule has 0 amide bonds. The molecule has 24 heavy (non-hydrogen) atoms. The van der Waals surface area contributed by atoms with Gasteiger partial charge in [-0.3, -0.25) is 5.43 Å². The number of aromatic hydroxyl groups is 1. The molecule has 0 spiro atoms. The van der Waals surface area contributed by atoms with Crippen LogP contribution in [0.15, 0.2) is 28.8 Å². The molecule has 1 unspecified atom stereocenters. The molecule has 1 atom stereocenters. The summed E-state index contributed by atoms with van der Waals surface area (Å²) in [7, 11) is 0. The molecule has 0 radical (unpaired) electrons. The molecule has 0 fully saturated rings. The average Bonchev–Trinajstić information content (AvgIpc) is 2.89. The minimum absolute atomic E-state index is 0.0970. The molecule has 1 aromatic rings. The van der Waals surface area contributed by atoms with E-state index in [1.807, 2.05) is 16.6 Å². The largest absolute Gasteiger partial charge is 0.507 e. The highest BCUT2D eigenvalue weighted by Gasteiger charge is 2.34. The van der Waals surface area contributed by atoms with E-state index < -0.39 is 0 Å². The lowest BCUT2D eigenvalue weighted by Crippen LogP contribution is -2.41. The standard InChI is InChI=1S/C18H26N4OS/c1-17(2,3)12-9-11(10-13(14(12)23)18(4,5)6)15-20-21-16-22(15)19-7-8-24-16/h7-10,15,19-20,23H,1-6H3. The summed E-state index contributed by atoms with van der Waals surface area (Å²) in [4.78, 5) is 0. The number of hydrogen-bond acceptors (Lipinski definition) is 6. The first-order chi connectivity index (χ1) is 11.1. The lowest BCUT2D eigenvalue weighted by Gasteiger charge is -2.32. The second-order valence-electron chi connectivity index (χ2n) is 8.31. The van der Waals surface area contributed by atoms with Crippen LogP contribution in [0.4, 0.5) is 0 Å². The number of hydrogen-bond donors (Lipinski definition) is 3. The highest BCUT2D eigenvalue weighted by atomic mass is 32.2. The van der Waals surface area contributed by atoms with Crippen LogP contribution in [0.5, 0.6) is 5.75 Å². The number of amidine groups is 1. The van der Waals surface area contributed by atoms with Gasteiger partial charge in [-0.25, -0.2) is 5.01 Å². The van der Waals surface area contributed by atoms with E-state index >= 15 is 0 Å². The van der Waals surface area contributed by atoms with Crippen molar-refractivity contribution in [1.82, 2.24) is 15.9 Å². The number of benzene rings is 1. The maximum atomic E-state index is 10.9. The SMILES string of the molecule is CC(C)(C)c1cc(C2NN=C3SC=CNN32)cc(C(C)(C)C)c1O. The van der Waals surface area contributed by atoms with Crippen molar-refractivity contribution in [3.8, 4) is 5.75 Å². The van der Waals surface area contributed by atoms with E-state index in [0.717, 1.165) is 21.9 Å². The molecule has 0 saturated carbocycles. The van der Waals surface area contributed by atoms with Gasteiger partial charge in [-0.15, -0.1) is 0 Å². The third kappa shape index (κ3) is 2.95. The molecule has 0 aromatic heterocycles. The maximum absolute atomic E-state index is 10.9. The van der Waals surface area contributed by atoms with Gasteiger partial charge in [0.15, 0.2) is 6.17 Å². The third-order valence-electron chi connectivity index (χ3n) is 4.27. The first-order valence-corrected chi connectivity index (χ1v) is 9.05. The molecule has 2 heterocycles. The van der Waals surface area contributed by atoms with Gasteiger partial charge in [-0.1, -0.05) is 53.3 Å². The first kappa shape index (κ1) is 17.0. The molecule has 6 heteroatoms. The summed E-state index contributed by atoms with van der Waals surface area (Å²) >= 11 is 1.58. The summed E-state index contributed by atoms with van der Waals surface area (Å²) in [6, 6.07) is 4.18. The Balaban J connectivity index is 2.10. The van der Waals surface area contributed by atoms with Crippen molar-refractivity contribution in [2.75, 3.05) is 0 Å². The molecule has 2 aliphatic heterocycles. The van der Waals surface area contributed by atoms with Crippen LogP contribution < -0.4 is 10.9 Å². The Morgan fingerprint density at radius 3 is 2.21 bits per heavy atom. The van der Waals surface area contributed by atoms with Gasteiger partial charge in [0.25, 0.3) is 0 Å². The summed E-state index contributed by atoms with van der Waals surface area (Å²) in [5.41, 5.74) is 9.15. The van der Waals surface area contributed by atoms with Gasteiger partial charge in [-0.2, -0.15) is 5.10 Å². The Morgan fingerprint density at radius 2 is 1.67 bits per heavy atom. The minimum Gasteiger partial charge on any atom is -0.507 e. The van der Waals surface area contributed by atoms with E-state index in [1.165, 1.54) is 0 Å². The second kappa shape index (κ2) is 5.62. The van der Waals surface area contributed by atoms with Gasteiger partial charge in [0.2, 0.25) is 5.17 Å². The van der Waals surface area contributed by atoms with Crippen molar-refractivity contribution >= 4 is 16.9 Å². The summed E-state index contributed by atoms with van der Waals surface area (Å²) in [5.74, 6) is 0.402. The maximum Gasteiger partial charge on any atom is 0.208 e. The van der Waals surface area contributed by atoms with Crippen LogP contribution in [-0.2, 0) is 10.8 Å². The third-order valence-corrected chi connectivity index (χ3v) is 5.04. The Bertz CT molecular complexity index is 678. The smallest absolute Gasteiger partial charge is 0.208 e. The number of rotatable bonds is 1. The minimum atomic E-state index is -0.146. The number of nitrogens with one attached hydrogen (secondary N) is 2. The van der Waals surface area contributed by atoms with Crippen LogP contribution >= 0.6 is 11.8 Å². The summed E-state index contributed by atoms with van der Waals surface area (Å²) in [6.07, 6.45) is 1.81. The van der Waals surface area contributed by atoms with E-state index in [9.17, 15) is 5.11 Å². The summed E-state index contributed by atoms with van der Waals surface area (Å²) in [6.45, 7) is 12.8. The van der Waals surface area contributed by atoms with E-state index in [1.54, 1.807) is 11.8 Å². The fourth-order valence-corrected chi connectivity index (χ4v) is 3.57. The summed E-state index contributed by atoms with van der Waals surface area (Å²) in [5, 5.41) is 20.1. The van der Waals surface area contributed by atoms with Gasteiger partial charge in [-0.05, 0) is 45.1 Å². The quantitative estimate of drug-likeness (QED) is 0.720. The Morgan fingerprint density at radius 1 is 1.08 bits per heavy atom. The van der Waals surface area contributed by atoms with Crippen LogP contribution in [-0.4, -0.2) is 15.3 Å². The van der Waals surface area contributed by atoms with Gasteiger partial charge in [0.1, 0.15) is 5.75 Å². The fraction of sp³-hybridized carbons (Fsp3) is 0.500. The molecule has 3 rings (SSSR count). The van der Waals surface area contributed by atoms with Gasteiger partial charge in [0.05, 0.1) is 0 Å². The molecular weight excluding hydrogens is 320 g/mol. The number of fused-ring (bicyclic) bond motifs is 1. The monoisotopic (exact) mass is 346 g/mol. The first-order valence-electron chi connectivity index (χ1n) is 8.17. The number of phenolic OH excluding ortho intramolecular Hbond substituents is 1. The number of hydrazine groups is 1. The van der Waals surface area contributed by atoms with Crippen molar-refractivity contribution in [1.29, 1.82) is 0 Å². The second-order valence-corrected chi connectivity index (χ2v) is 9.18. The van der Waals surface area contributed by atoms with Crippen molar-refractivity contribution in [2.24, 2.45) is 5.10 Å². The Labute approximate surface area is 148 Å². The Kier molecular flexibility index (Phi) is 3.98. The van der Waals surface area contributed by atoms with Crippen LogP contribution in [0.3, 0.4) is 0 Å². The van der Waals surface area contributed by atoms with Gasteiger partial charge in [0, 0.05) is 6.20 Å². The van der Waals surface area contributed by atoms with Crippen molar-refractivity contribution < 1.29 is 5.11 Å². The highest BCUT2D eigenvalue weighted by molar-refractivity contribution is 8.16. The number of thioether (sulfide) groups is 1. The van der Waals surface area contributed by atoms with Crippen molar-refractivity contribution in [2.45, 2.75) is 58.5 Å². The lowest BCUT2D eigenvalue weighted by atomic mass is 9.78. The van der Waals surface area contributed by atoms with E-state index in [-0.39, 0.29) is 17.0 Å². The van der Waals surface area contributed by atoms with Gasteiger partial charge >= 0.3 is 0 Å². The average molecular weight is 347 g/mol. The van der Waals surface area contributed by atoms with E-state index in [0.29, 0.717) is 5.75 Å². The zero-order chi connectivity index (χ0) is 17.7. The van der Waals surface area contributed by atoms with Crippen molar-refractivity contribution in [3.05, 3.63) is 40.4 Å². The molecule has 2 aliphatic rings. The topological polar surface area (TPSA) is 59.9 Å². The zero-order valence-corrected chi connectivity index (χ0v) is 16.0. The molecule has 0 saturated heterocycles. The van der Waals surface area contributed by atoms with Gasteiger partial charge < -0.3 is 10.5 Å². The van der Waals surface area contributed by atoms with Crippen LogP contribution in [0.25, 0.3) is 0 Å². The highest BCUT2D eigenvalue weighted by Crippen LogP contribution is 2.42. The predicted octanol–water partition coefficient (Wildman–Crippen LogP) is 3.88.